The highest BCUT2D eigenvalue weighted by Crippen LogP contribution is 2.38. The molecule has 7 nitrogen and oxygen atoms in total. The lowest BCUT2D eigenvalue weighted by atomic mass is 9.97. The van der Waals surface area contributed by atoms with Crippen LogP contribution in [0.15, 0.2) is 42.9 Å². The second-order valence-corrected chi connectivity index (χ2v) is 8.78. The summed E-state index contributed by atoms with van der Waals surface area (Å²) in [6.45, 7) is 4.77. The third-order valence-electron chi connectivity index (χ3n) is 6.22. The lowest BCUT2D eigenvalue weighted by Crippen LogP contribution is -2.33. The summed E-state index contributed by atoms with van der Waals surface area (Å²) in [5.74, 6) is 1.59. The number of hydrogen-bond acceptors (Lipinski definition) is 6. The van der Waals surface area contributed by atoms with Crippen molar-refractivity contribution >= 4 is 11.9 Å². The van der Waals surface area contributed by atoms with Crippen molar-refractivity contribution < 1.29 is 9.53 Å². The molecule has 4 rings (SSSR count). The number of likely N-dealkylation sites (tertiary alicyclic amines) is 1. The number of carbonyl (C=O) groups excluding carboxylic acids is 1. The summed E-state index contributed by atoms with van der Waals surface area (Å²) in [4.78, 5) is 31.0. The fraction of sp³-hybridized carbons (Fsp3) is 0.385. The van der Waals surface area contributed by atoms with Crippen molar-refractivity contribution in [3.05, 3.63) is 65.2 Å². The number of benzene rings is 1. The SMILES string of the molecule is COc1ccc(CC(=O)N2CCCC2c2nc(N(C)C)ncc2-c2ccncc2C)cc1C. The molecule has 1 unspecified atom stereocenters. The predicted octanol–water partition coefficient (Wildman–Crippen LogP) is 4.14. The zero-order chi connectivity index (χ0) is 23.5. The number of methoxy groups -OCH3 is 1. The van der Waals surface area contributed by atoms with E-state index in [0.717, 1.165) is 58.6 Å². The van der Waals surface area contributed by atoms with Gasteiger partial charge >= 0.3 is 0 Å². The van der Waals surface area contributed by atoms with E-state index in [0.29, 0.717) is 12.4 Å². The highest BCUT2D eigenvalue weighted by atomic mass is 16.5. The van der Waals surface area contributed by atoms with E-state index in [1.54, 1.807) is 13.3 Å². The second kappa shape index (κ2) is 9.57. The monoisotopic (exact) mass is 445 g/mol. The summed E-state index contributed by atoms with van der Waals surface area (Å²) in [6, 6.07) is 7.84. The van der Waals surface area contributed by atoms with Crippen LogP contribution in [0.3, 0.4) is 0 Å². The van der Waals surface area contributed by atoms with E-state index in [1.165, 1.54) is 0 Å². The molecule has 7 heteroatoms. The third kappa shape index (κ3) is 4.67. The molecule has 0 spiro atoms. The smallest absolute Gasteiger partial charge is 0.227 e. The Hall–Kier alpha value is -3.48. The first kappa shape index (κ1) is 22.7. The van der Waals surface area contributed by atoms with Gasteiger partial charge in [0.15, 0.2) is 0 Å². The van der Waals surface area contributed by atoms with Gasteiger partial charge in [0.1, 0.15) is 5.75 Å². The summed E-state index contributed by atoms with van der Waals surface area (Å²) in [5, 5.41) is 0. The van der Waals surface area contributed by atoms with Gasteiger partial charge in [0.2, 0.25) is 11.9 Å². The first-order chi connectivity index (χ1) is 15.9. The zero-order valence-corrected chi connectivity index (χ0v) is 20.0. The van der Waals surface area contributed by atoms with Gasteiger partial charge in [0, 0.05) is 44.8 Å². The van der Waals surface area contributed by atoms with E-state index in [9.17, 15) is 4.79 Å². The molecule has 172 valence electrons. The van der Waals surface area contributed by atoms with Crippen LogP contribution in [-0.4, -0.2) is 53.5 Å². The quantitative estimate of drug-likeness (QED) is 0.568. The van der Waals surface area contributed by atoms with Crippen LogP contribution in [0.1, 0.15) is 41.3 Å². The Balaban J connectivity index is 1.68. The van der Waals surface area contributed by atoms with Crippen LogP contribution in [0.2, 0.25) is 0 Å². The Labute approximate surface area is 195 Å². The molecule has 2 aromatic heterocycles. The van der Waals surface area contributed by atoms with Gasteiger partial charge in [-0.3, -0.25) is 9.78 Å². The minimum atomic E-state index is -0.0823. The van der Waals surface area contributed by atoms with Gasteiger partial charge in [-0.25, -0.2) is 9.97 Å². The van der Waals surface area contributed by atoms with Crippen molar-refractivity contribution in [3.63, 3.8) is 0 Å². The highest BCUT2D eigenvalue weighted by molar-refractivity contribution is 5.80. The molecular formula is C26H31N5O2. The largest absolute Gasteiger partial charge is 0.496 e. The van der Waals surface area contributed by atoms with Crippen molar-refractivity contribution in [3.8, 4) is 16.9 Å². The van der Waals surface area contributed by atoms with Crippen LogP contribution in [-0.2, 0) is 11.2 Å². The van der Waals surface area contributed by atoms with Crippen LogP contribution >= 0.6 is 0 Å². The lowest BCUT2D eigenvalue weighted by molar-refractivity contribution is -0.131. The number of aromatic nitrogens is 3. The van der Waals surface area contributed by atoms with Gasteiger partial charge in [0.25, 0.3) is 0 Å². The van der Waals surface area contributed by atoms with Crippen LogP contribution < -0.4 is 9.64 Å². The van der Waals surface area contributed by atoms with E-state index < -0.39 is 0 Å². The normalized spacial score (nSPS) is 15.5. The summed E-state index contributed by atoms with van der Waals surface area (Å²) >= 11 is 0. The number of anilines is 1. The first-order valence-electron chi connectivity index (χ1n) is 11.3. The maximum atomic E-state index is 13.4. The number of hydrogen-bond donors (Lipinski definition) is 0. The Kier molecular flexibility index (Phi) is 6.58. The van der Waals surface area contributed by atoms with Gasteiger partial charge in [-0.1, -0.05) is 12.1 Å². The number of pyridine rings is 1. The summed E-state index contributed by atoms with van der Waals surface area (Å²) in [7, 11) is 5.52. The second-order valence-electron chi connectivity index (χ2n) is 8.78. The number of aryl methyl sites for hydroxylation is 2. The van der Waals surface area contributed by atoms with Crippen molar-refractivity contribution in [1.82, 2.24) is 19.9 Å². The Bertz CT molecular complexity index is 1160. The fourth-order valence-electron chi connectivity index (χ4n) is 4.51. The van der Waals surface area contributed by atoms with E-state index >= 15 is 0 Å². The Morgan fingerprint density at radius 3 is 2.67 bits per heavy atom. The number of amides is 1. The summed E-state index contributed by atoms with van der Waals surface area (Å²) < 4.78 is 5.36. The molecule has 1 atom stereocenters. The molecule has 3 aromatic rings. The molecule has 1 aromatic carbocycles. The van der Waals surface area contributed by atoms with Crippen molar-refractivity contribution in [2.75, 3.05) is 32.6 Å². The number of rotatable bonds is 6. The van der Waals surface area contributed by atoms with Gasteiger partial charge in [-0.2, -0.15) is 0 Å². The topological polar surface area (TPSA) is 71.5 Å². The standard InChI is InChI=1S/C26H31N5O2/c1-17-13-19(8-9-23(17)33-5)14-24(32)31-12-6-7-22(31)25-21(16-28-26(29-25)30(3)4)20-10-11-27-15-18(20)2/h8-11,13,15-16,22H,6-7,12,14H2,1-5H3. The molecule has 1 aliphatic heterocycles. The summed E-state index contributed by atoms with van der Waals surface area (Å²) in [5.41, 5.74) is 6.00. The van der Waals surface area contributed by atoms with Crippen molar-refractivity contribution in [2.24, 2.45) is 0 Å². The minimum absolute atomic E-state index is 0.0823. The zero-order valence-electron chi connectivity index (χ0n) is 20.0. The fourth-order valence-corrected chi connectivity index (χ4v) is 4.51. The first-order valence-corrected chi connectivity index (χ1v) is 11.3. The third-order valence-corrected chi connectivity index (χ3v) is 6.22. The Morgan fingerprint density at radius 2 is 1.97 bits per heavy atom. The maximum absolute atomic E-state index is 13.4. The number of ether oxygens (including phenoxy) is 1. The van der Waals surface area contributed by atoms with Crippen LogP contribution in [0.25, 0.3) is 11.1 Å². The van der Waals surface area contributed by atoms with Crippen molar-refractivity contribution in [2.45, 2.75) is 39.2 Å². The van der Waals surface area contributed by atoms with E-state index in [-0.39, 0.29) is 11.9 Å². The average Bonchev–Trinajstić information content (AvgIpc) is 3.29. The highest BCUT2D eigenvalue weighted by Gasteiger charge is 2.33. The molecule has 0 radical (unpaired) electrons. The average molecular weight is 446 g/mol. The van der Waals surface area contributed by atoms with Crippen LogP contribution in [0.5, 0.6) is 5.75 Å². The van der Waals surface area contributed by atoms with Crippen molar-refractivity contribution in [1.29, 1.82) is 0 Å². The van der Waals surface area contributed by atoms with Crippen LogP contribution in [0, 0.1) is 13.8 Å². The van der Waals surface area contributed by atoms with Gasteiger partial charge < -0.3 is 14.5 Å². The molecule has 33 heavy (non-hydrogen) atoms. The minimum Gasteiger partial charge on any atom is -0.496 e. The van der Waals surface area contributed by atoms with Gasteiger partial charge in [-0.05, 0) is 61.1 Å². The van der Waals surface area contributed by atoms with Gasteiger partial charge in [0.05, 0.1) is 25.3 Å². The van der Waals surface area contributed by atoms with E-state index in [2.05, 4.69) is 9.97 Å². The van der Waals surface area contributed by atoms with E-state index in [1.807, 2.05) is 74.4 Å². The molecule has 1 fully saturated rings. The molecule has 1 amide bonds. The number of carbonyl (C=O) groups is 1. The van der Waals surface area contributed by atoms with E-state index in [4.69, 9.17) is 9.72 Å². The molecule has 0 aliphatic carbocycles. The molecule has 1 aliphatic rings. The Morgan fingerprint density at radius 1 is 1.15 bits per heavy atom. The number of nitrogens with zero attached hydrogens (tertiary/aromatic N) is 5. The molecule has 3 heterocycles. The maximum Gasteiger partial charge on any atom is 0.227 e. The molecular weight excluding hydrogens is 414 g/mol. The summed E-state index contributed by atoms with van der Waals surface area (Å²) in [6.07, 6.45) is 7.71. The molecule has 0 N–H and O–H groups in total. The lowest BCUT2D eigenvalue weighted by Gasteiger charge is -2.27. The molecule has 1 saturated heterocycles. The van der Waals surface area contributed by atoms with Crippen LogP contribution in [0.4, 0.5) is 5.95 Å². The molecule has 0 bridgehead atoms. The predicted molar refractivity (Wildman–Crippen MR) is 129 cm³/mol. The van der Waals surface area contributed by atoms with Gasteiger partial charge in [-0.15, -0.1) is 0 Å². The molecule has 0 saturated carbocycles.